The lowest BCUT2D eigenvalue weighted by Crippen LogP contribution is -2.42. The molecule has 0 unspecified atom stereocenters. The molecule has 0 atom stereocenters. The Labute approximate surface area is 107 Å². The molecule has 0 amide bonds. The van der Waals surface area contributed by atoms with Gasteiger partial charge in [0.1, 0.15) is 0 Å². The van der Waals surface area contributed by atoms with Crippen LogP contribution in [-0.2, 0) is 5.41 Å². The van der Waals surface area contributed by atoms with Crippen molar-refractivity contribution in [2.45, 2.75) is 50.9 Å². The fourth-order valence-electron chi connectivity index (χ4n) is 3.09. The number of alkyl halides is 2. The highest BCUT2D eigenvalue weighted by Crippen LogP contribution is 2.45. The van der Waals surface area contributed by atoms with E-state index in [1.807, 2.05) is 19.9 Å². The lowest BCUT2D eigenvalue weighted by molar-refractivity contribution is -0.0509. The van der Waals surface area contributed by atoms with Gasteiger partial charge < -0.3 is 5.73 Å². The van der Waals surface area contributed by atoms with Crippen molar-refractivity contribution in [3.05, 3.63) is 34.9 Å². The van der Waals surface area contributed by atoms with Crippen LogP contribution in [0.3, 0.4) is 0 Å². The van der Waals surface area contributed by atoms with E-state index >= 15 is 0 Å². The number of benzene rings is 1. The van der Waals surface area contributed by atoms with Crippen LogP contribution in [0.4, 0.5) is 8.78 Å². The molecule has 0 radical (unpaired) electrons. The van der Waals surface area contributed by atoms with E-state index in [9.17, 15) is 8.78 Å². The lowest BCUT2D eigenvalue weighted by atomic mass is 9.67. The van der Waals surface area contributed by atoms with E-state index in [-0.39, 0.29) is 18.3 Å². The Morgan fingerprint density at radius 2 is 1.72 bits per heavy atom. The molecule has 1 aliphatic carbocycles. The molecule has 1 aromatic rings. The maximum absolute atomic E-state index is 13.3. The van der Waals surface area contributed by atoms with Gasteiger partial charge in [-0.1, -0.05) is 23.8 Å². The molecule has 2 N–H and O–H groups in total. The predicted octanol–water partition coefficient (Wildman–Crippen LogP) is 3.71. The highest BCUT2D eigenvalue weighted by atomic mass is 19.3. The Balaban J connectivity index is 2.33. The molecule has 1 saturated carbocycles. The third-order valence-corrected chi connectivity index (χ3v) is 4.28. The Morgan fingerprint density at radius 1 is 1.11 bits per heavy atom. The molecule has 0 saturated heterocycles. The topological polar surface area (TPSA) is 26.0 Å². The van der Waals surface area contributed by atoms with Crippen LogP contribution >= 0.6 is 0 Å². The van der Waals surface area contributed by atoms with Gasteiger partial charge >= 0.3 is 0 Å². The van der Waals surface area contributed by atoms with Crippen molar-refractivity contribution in [3.63, 3.8) is 0 Å². The maximum Gasteiger partial charge on any atom is 0.248 e. The van der Waals surface area contributed by atoms with Gasteiger partial charge in [0.2, 0.25) is 5.92 Å². The van der Waals surface area contributed by atoms with Crippen molar-refractivity contribution in [1.29, 1.82) is 0 Å². The van der Waals surface area contributed by atoms with Crippen molar-refractivity contribution < 1.29 is 8.78 Å². The van der Waals surface area contributed by atoms with Gasteiger partial charge in [-0.3, -0.25) is 0 Å². The first-order valence-corrected chi connectivity index (χ1v) is 6.54. The number of hydrogen-bond donors (Lipinski definition) is 1. The summed E-state index contributed by atoms with van der Waals surface area (Å²) in [6, 6.07) is 6.23. The molecule has 0 spiro atoms. The molecule has 1 aromatic carbocycles. The van der Waals surface area contributed by atoms with E-state index < -0.39 is 5.92 Å². The third-order valence-electron chi connectivity index (χ3n) is 4.28. The molecule has 3 heteroatoms. The standard InChI is InChI=1S/C15H21F2N/c1-11-3-4-13(12(2)9-11)14(10-18)5-7-15(16,17)8-6-14/h3-4,9H,5-8,10,18H2,1-2H3. The maximum atomic E-state index is 13.3. The first-order chi connectivity index (χ1) is 8.38. The summed E-state index contributed by atoms with van der Waals surface area (Å²) >= 11 is 0. The van der Waals surface area contributed by atoms with E-state index in [0.717, 1.165) is 5.56 Å². The number of aryl methyl sites for hydroxylation is 2. The highest BCUT2D eigenvalue weighted by Gasteiger charge is 2.43. The molecular weight excluding hydrogens is 232 g/mol. The molecule has 1 nitrogen and oxygen atoms in total. The minimum atomic E-state index is -2.50. The van der Waals surface area contributed by atoms with Crippen LogP contribution in [0.1, 0.15) is 42.4 Å². The quantitative estimate of drug-likeness (QED) is 0.854. The first kappa shape index (κ1) is 13.5. The Kier molecular flexibility index (Phi) is 3.45. The average molecular weight is 253 g/mol. The monoisotopic (exact) mass is 253 g/mol. The number of nitrogens with two attached hydrogens (primary N) is 1. The first-order valence-electron chi connectivity index (χ1n) is 6.54. The molecule has 1 fully saturated rings. The molecular formula is C15H21F2N. The van der Waals surface area contributed by atoms with Gasteiger partial charge in [-0.15, -0.1) is 0 Å². The summed E-state index contributed by atoms with van der Waals surface area (Å²) in [6.07, 6.45) is 0.885. The zero-order valence-corrected chi connectivity index (χ0v) is 11.1. The fraction of sp³-hybridized carbons (Fsp3) is 0.600. The summed E-state index contributed by atoms with van der Waals surface area (Å²) in [4.78, 5) is 0. The van der Waals surface area contributed by atoms with Gasteiger partial charge in [-0.25, -0.2) is 8.78 Å². The van der Waals surface area contributed by atoms with E-state index in [0.29, 0.717) is 19.4 Å². The van der Waals surface area contributed by atoms with Crippen LogP contribution in [0.2, 0.25) is 0 Å². The van der Waals surface area contributed by atoms with E-state index in [1.165, 1.54) is 11.1 Å². The molecule has 1 aliphatic rings. The van der Waals surface area contributed by atoms with Gasteiger partial charge in [0.05, 0.1) is 0 Å². The number of hydrogen-bond acceptors (Lipinski definition) is 1. The second kappa shape index (κ2) is 4.61. The van der Waals surface area contributed by atoms with Crippen LogP contribution < -0.4 is 5.73 Å². The second-order valence-corrected chi connectivity index (χ2v) is 5.66. The molecule has 2 rings (SSSR count). The zero-order valence-electron chi connectivity index (χ0n) is 11.1. The van der Waals surface area contributed by atoms with Gasteiger partial charge in [0.25, 0.3) is 0 Å². The van der Waals surface area contributed by atoms with Crippen LogP contribution in [0, 0.1) is 13.8 Å². The Bertz CT molecular complexity index is 430. The second-order valence-electron chi connectivity index (χ2n) is 5.66. The summed E-state index contributed by atoms with van der Waals surface area (Å²) in [5.74, 6) is -2.50. The van der Waals surface area contributed by atoms with Crippen molar-refractivity contribution in [2.24, 2.45) is 5.73 Å². The Morgan fingerprint density at radius 3 is 2.22 bits per heavy atom. The zero-order chi connectivity index (χ0) is 13.4. The van der Waals surface area contributed by atoms with E-state index in [1.54, 1.807) is 0 Å². The summed E-state index contributed by atoms with van der Waals surface area (Å²) in [5, 5.41) is 0. The van der Waals surface area contributed by atoms with Crippen molar-refractivity contribution in [3.8, 4) is 0 Å². The molecule has 18 heavy (non-hydrogen) atoms. The molecule has 0 heterocycles. The average Bonchev–Trinajstić information content (AvgIpc) is 2.31. The summed E-state index contributed by atoms with van der Waals surface area (Å²) < 4.78 is 26.6. The minimum Gasteiger partial charge on any atom is -0.330 e. The number of rotatable bonds is 2. The van der Waals surface area contributed by atoms with Crippen LogP contribution in [0.25, 0.3) is 0 Å². The normalized spacial score (nSPS) is 21.8. The van der Waals surface area contributed by atoms with Gasteiger partial charge in [0, 0.05) is 24.8 Å². The SMILES string of the molecule is Cc1ccc(C2(CN)CCC(F)(F)CC2)c(C)c1. The summed E-state index contributed by atoms with van der Waals surface area (Å²) in [7, 11) is 0. The lowest BCUT2D eigenvalue weighted by Gasteiger charge is -2.40. The van der Waals surface area contributed by atoms with Crippen molar-refractivity contribution in [1.82, 2.24) is 0 Å². The molecule has 100 valence electrons. The molecule has 0 aromatic heterocycles. The summed E-state index contributed by atoms with van der Waals surface area (Å²) in [5.41, 5.74) is 9.20. The van der Waals surface area contributed by atoms with Crippen LogP contribution in [-0.4, -0.2) is 12.5 Å². The van der Waals surface area contributed by atoms with Gasteiger partial charge in [-0.05, 0) is 37.8 Å². The molecule has 0 bridgehead atoms. The smallest absolute Gasteiger partial charge is 0.248 e. The van der Waals surface area contributed by atoms with Crippen LogP contribution in [0.15, 0.2) is 18.2 Å². The summed E-state index contributed by atoms with van der Waals surface area (Å²) in [6.45, 7) is 4.54. The molecule has 0 aliphatic heterocycles. The van der Waals surface area contributed by atoms with Crippen LogP contribution in [0.5, 0.6) is 0 Å². The number of halogens is 2. The highest BCUT2D eigenvalue weighted by molar-refractivity contribution is 5.37. The largest absolute Gasteiger partial charge is 0.330 e. The van der Waals surface area contributed by atoms with Crippen molar-refractivity contribution >= 4 is 0 Å². The van der Waals surface area contributed by atoms with Crippen molar-refractivity contribution in [2.75, 3.05) is 6.54 Å². The van der Waals surface area contributed by atoms with E-state index in [4.69, 9.17) is 5.73 Å². The fourth-order valence-corrected chi connectivity index (χ4v) is 3.09. The van der Waals surface area contributed by atoms with E-state index in [2.05, 4.69) is 12.1 Å². The minimum absolute atomic E-state index is 0.0441. The predicted molar refractivity (Wildman–Crippen MR) is 70.1 cm³/mol. The van der Waals surface area contributed by atoms with Gasteiger partial charge in [-0.2, -0.15) is 0 Å². The Hall–Kier alpha value is -0.960. The van der Waals surface area contributed by atoms with Gasteiger partial charge in [0.15, 0.2) is 0 Å². The third kappa shape index (κ3) is 2.41.